The number of carbonyl (C=O) groups excluding carboxylic acids is 1. The van der Waals surface area contributed by atoms with E-state index < -0.39 is 9.84 Å². The fraction of sp³-hybridized carbons (Fsp3) is 0.389. The summed E-state index contributed by atoms with van der Waals surface area (Å²) in [5, 5.41) is 5.91. The molecule has 1 aliphatic heterocycles. The molecule has 2 aromatic rings. The van der Waals surface area contributed by atoms with Gasteiger partial charge in [0.1, 0.15) is 5.69 Å². The molecular weight excluding hydrogens is 352 g/mol. The summed E-state index contributed by atoms with van der Waals surface area (Å²) in [7, 11) is -2.99. The summed E-state index contributed by atoms with van der Waals surface area (Å²) in [6.45, 7) is 5.91. The molecule has 1 atom stereocenters. The quantitative estimate of drug-likeness (QED) is 0.851. The first-order chi connectivity index (χ1) is 12.2. The van der Waals surface area contributed by atoms with Crippen LogP contribution in [0, 0.1) is 20.8 Å². The Bertz CT molecular complexity index is 934. The molecule has 7 nitrogen and oxygen atoms in total. The lowest BCUT2D eigenvalue weighted by molar-refractivity contribution is 0.102. The molecule has 0 radical (unpaired) electrons. The van der Waals surface area contributed by atoms with Gasteiger partial charge in [-0.3, -0.25) is 4.79 Å². The zero-order valence-electron chi connectivity index (χ0n) is 15.0. The minimum atomic E-state index is -2.99. The van der Waals surface area contributed by atoms with Gasteiger partial charge >= 0.3 is 0 Å². The van der Waals surface area contributed by atoms with E-state index in [1.807, 2.05) is 32.9 Å². The van der Waals surface area contributed by atoms with Crippen molar-refractivity contribution in [1.29, 1.82) is 0 Å². The molecule has 0 bridgehead atoms. The molecule has 1 aromatic carbocycles. The van der Waals surface area contributed by atoms with Gasteiger partial charge in [-0.25, -0.2) is 18.4 Å². The molecule has 0 saturated carbocycles. The summed E-state index contributed by atoms with van der Waals surface area (Å²) >= 11 is 0. The third-order valence-electron chi connectivity index (χ3n) is 4.37. The summed E-state index contributed by atoms with van der Waals surface area (Å²) in [6.07, 6.45) is 2.01. The lowest BCUT2D eigenvalue weighted by Gasteiger charge is -2.14. The third kappa shape index (κ3) is 4.19. The molecular formula is C18H22N4O3S. The van der Waals surface area contributed by atoms with E-state index in [1.54, 1.807) is 0 Å². The molecule has 2 N–H and O–H groups in total. The van der Waals surface area contributed by atoms with Crippen molar-refractivity contribution in [2.24, 2.45) is 0 Å². The van der Waals surface area contributed by atoms with E-state index in [2.05, 4.69) is 20.6 Å². The first-order valence-electron chi connectivity index (χ1n) is 8.43. The molecule has 1 amide bonds. The second kappa shape index (κ2) is 7.03. The Kier molecular flexibility index (Phi) is 4.95. The normalized spacial score (nSPS) is 18.5. The molecule has 8 heteroatoms. The number of benzene rings is 1. The van der Waals surface area contributed by atoms with Gasteiger partial charge in [-0.05, 0) is 44.4 Å². The van der Waals surface area contributed by atoms with Crippen molar-refractivity contribution in [3.05, 3.63) is 46.8 Å². The molecule has 2 heterocycles. The van der Waals surface area contributed by atoms with E-state index in [1.165, 1.54) is 12.3 Å². The molecule has 3 rings (SSSR count). The van der Waals surface area contributed by atoms with Crippen molar-refractivity contribution in [2.45, 2.75) is 33.2 Å². The summed E-state index contributed by atoms with van der Waals surface area (Å²) in [6, 6.07) is 5.33. The average molecular weight is 374 g/mol. The molecule has 1 fully saturated rings. The van der Waals surface area contributed by atoms with Gasteiger partial charge in [-0.2, -0.15) is 0 Å². The number of nitrogens with one attached hydrogen (secondary N) is 2. The maximum Gasteiger partial charge on any atom is 0.274 e. The number of rotatable bonds is 4. The summed E-state index contributed by atoms with van der Waals surface area (Å²) in [5.41, 5.74) is 4.11. The van der Waals surface area contributed by atoms with Gasteiger partial charge in [-0.15, -0.1) is 0 Å². The summed E-state index contributed by atoms with van der Waals surface area (Å²) in [4.78, 5) is 20.9. The Morgan fingerprint density at radius 1 is 1.19 bits per heavy atom. The molecule has 138 valence electrons. The largest absolute Gasteiger partial charge is 0.350 e. The van der Waals surface area contributed by atoms with Crippen LogP contribution in [0.15, 0.2) is 24.4 Å². The number of anilines is 2. The maximum atomic E-state index is 12.6. The van der Waals surface area contributed by atoms with Gasteiger partial charge < -0.3 is 10.6 Å². The van der Waals surface area contributed by atoms with Gasteiger partial charge in [0, 0.05) is 17.9 Å². The molecule has 1 aliphatic rings. The lowest BCUT2D eigenvalue weighted by Crippen LogP contribution is -2.23. The lowest BCUT2D eigenvalue weighted by atomic mass is 10.1. The molecule has 1 saturated heterocycles. The number of hydrogen-bond acceptors (Lipinski definition) is 6. The molecule has 1 unspecified atom stereocenters. The minimum absolute atomic E-state index is 0.0640. The van der Waals surface area contributed by atoms with Crippen molar-refractivity contribution >= 4 is 27.4 Å². The second-order valence-electron chi connectivity index (χ2n) is 6.74. The van der Waals surface area contributed by atoms with E-state index in [0.29, 0.717) is 6.42 Å². The van der Waals surface area contributed by atoms with Crippen LogP contribution in [0.3, 0.4) is 0 Å². The molecule has 26 heavy (non-hydrogen) atoms. The van der Waals surface area contributed by atoms with Gasteiger partial charge in [0.05, 0.1) is 11.5 Å². The van der Waals surface area contributed by atoms with Crippen molar-refractivity contribution in [1.82, 2.24) is 9.97 Å². The average Bonchev–Trinajstić information content (AvgIpc) is 2.89. The van der Waals surface area contributed by atoms with E-state index >= 15 is 0 Å². The topological polar surface area (TPSA) is 101 Å². The van der Waals surface area contributed by atoms with Crippen LogP contribution >= 0.6 is 0 Å². The number of hydrogen-bond donors (Lipinski definition) is 2. The van der Waals surface area contributed by atoms with Gasteiger partial charge in [0.2, 0.25) is 5.95 Å². The van der Waals surface area contributed by atoms with Crippen LogP contribution in [0.2, 0.25) is 0 Å². The van der Waals surface area contributed by atoms with Gasteiger partial charge in [0.25, 0.3) is 5.91 Å². The van der Waals surface area contributed by atoms with Gasteiger partial charge in [-0.1, -0.05) is 17.7 Å². The van der Waals surface area contributed by atoms with E-state index in [0.717, 1.165) is 22.4 Å². The molecule has 0 spiro atoms. The van der Waals surface area contributed by atoms with Crippen molar-refractivity contribution in [3.8, 4) is 0 Å². The Labute approximate surface area is 153 Å². The van der Waals surface area contributed by atoms with Crippen LogP contribution in [0.25, 0.3) is 0 Å². The Balaban J connectivity index is 1.75. The predicted molar refractivity (Wildman–Crippen MR) is 101 cm³/mol. The van der Waals surface area contributed by atoms with Crippen LogP contribution in [-0.4, -0.2) is 41.8 Å². The SMILES string of the molecule is Cc1cc(C)c(NC(=O)c2ccnc(NC3CCS(=O)(=O)C3)n2)c(C)c1. The monoisotopic (exact) mass is 374 g/mol. The fourth-order valence-electron chi connectivity index (χ4n) is 3.20. The number of aromatic nitrogens is 2. The van der Waals surface area contributed by atoms with Crippen molar-refractivity contribution < 1.29 is 13.2 Å². The van der Waals surface area contributed by atoms with Crippen molar-refractivity contribution in [3.63, 3.8) is 0 Å². The van der Waals surface area contributed by atoms with E-state index in [9.17, 15) is 13.2 Å². The highest BCUT2D eigenvalue weighted by Crippen LogP contribution is 2.22. The molecule has 1 aromatic heterocycles. The number of nitrogens with zero attached hydrogens (tertiary/aromatic N) is 2. The van der Waals surface area contributed by atoms with Crippen LogP contribution < -0.4 is 10.6 Å². The van der Waals surface area contributed by atoms with Crippen LogP contribution in [0.4, 0.5) is 11.6 Å². The highest BCUT2D eigenvalue weighted by atomic mass is 32.2. The zero-order chi connectivity index (χ0) is 18.9. The second-order valence-corrected chi connectivity index (χ2v) is 8.97. The predicted octanol–water partition coefficient (Wildman–Crippen LogP) is 2.25. The van der Waals surface area contributed by atoms with E-state index in [4.69, 9.17) is 0 Å². The Hall–Kier alpha value is -2.48. The van der Waals surface area contributed by atoms with E-state index in [-0.39, 0.29) is 35.1 Å². The smallest absolute Gasteiger partial charge is 0.274 e. The minimum Gasteiger partial charge on any atom is -0.350 e. The first-order valence-corrected chi connectivity index (χ1v) is 10.2. The number of sulfone groups is 1. The summed E-state index contributed by atoms with van der Waals surface area (Å²) < 4.78 is 23.1. The van der Waals surface area contributed by atoms with Crippen LogP contribution in [0.5, 0.6) is 0 Å². The Morgan fingerprint density at radius 3 is 2.50 bits per heavy atom. The fourth-order valence-corrected chi connectivity index (χ4v) is 4.87. The third-order valence-corrected chi connectivity index (χ3v) is 6.14. The highest BCUT2D eigenvalue weighted by molar-refractivity contribution is 7.91. The summed E-state index contributed by atoms with van der Waals surface area (Å²) in [5.74, 6) is 0.160. The van der Waals surface area contributed by atoms with Gasteiger partial charge in [0.15, 0.2) is 9.84 Å². The van der Waals surface area contributed by atoms with Crippen LogP contribution in [0.1, 0.15) is 33.6 Å². The zero-order valence-corrected chi connectivity index (χ0v) is 15.9. The number of amides is 1. The molecule has 0 aliphatic carbocycles. The standard InChI is InChI=1S/C18H22N4O3S/c1-11-8-12(2)16(13(3)9-11)22-17(23)15-4-6-19-18(21-15)20-14-5-7-26(24,25)10-14/h4,6,8-9,14H,5,7,10H2,1-3H3,(H,22,23)(H,19,20,21). The highest BCUT2D eigenvalue weighted by Gasteiger charge is 2.28. The first kappa shape index (κ1) is 18.3. The Morgan fingerprint density at radius 2 is 1.88 bits per heavy atom. The number of carbonyl (C=O) groups is 1. The number of aryl methyl sites for hydroxylation is 3. The van der Waals surface area contributed by atoms with Crippen molar-refractivity contribution in [2.75, 3.05) is 22.1 Å². The van der Waals surface area contributed by atoms with Crippen LogP contribution in [-0.2, 0) is 9.84 Å². The maximum absolute atomic E-state index is 12.6.